The van der Waals surface area contributed by atoms with Crippen LogP contribution in [0.4, 0.5) is 5.13 Å². The number of H-pyrrole nitrogens is 1. The van der Waals surface area contributed by atoms with Crippen molar-refractivity contribution in [2.75, 3.05) is 5.32 Å². The Morgan fingerprint density at radius 1 is 0.960 bits per heavy atom. The number of carbonyl (C=O) groups is 1. The fourth-order valence-electron chi connectivity index (χ4n) is 2.29. The van der Waals surface area contributed by atoms with Crippen LogP contribution in [0.2, 0.25) is 0 Å². The van der Waals surface area contributed by atoms with Gasteiger partial charge in [0.2, 0.25) is 0 Å². The van der Waals surface area contributed by atoms with E-state index >= 15 is 0 Å². The van der Waals surface area contributed by atoms with Crippen LogP contribution in [0.5, 0.6) is 0 Å². The molecule has 0 saturated heterocycles. The highest BCUT2D eigenvalue weighted by molar-refractivity contribution is 7.19. The van der Waals surface area contributed by atoms with E-state index in [9.17, 15) is 4.79 Å². The summed E-state index contributed by atoms with van der Waals surface area (Å²) in [6.45, 7) is 0. The Kier molecular flexibility index (Phi) is 4.01. The first-order valence-corrected chi connectivity index (χ1v) is 8.26. The van der Waals surface area contributed by atoms with E-state index in [4.69, 9.17) is 0 Å². The number of pyridine rings is 2. The highest BCUT2D eigenvalue weighted by Gasteiger charge is 2.17. The number of aromatic amines is 1. The lowest BCUT2D eigenvalue weighted by atomic mass is 10.2. The van der Waals surface area contributed by atoms with Crippen LogP contribution in [0.1, 0.15) is 10.4 Å². The Balaban J connectivity index is 1.56. The fraction of sp³-hybridized carbons (Fsp3) is 0. The van der Waals surface area contributed by atoms with Crippen molar-refractivity contribution in [2.24, 2.45) is 0 Å². The molecule has 0 unspecified atom stereocenters. The molecular weight excluding hydrogens is 336 g/mol. The van der Waals surface area contributed by atoms with Gasteiger partial charge in [0.15, 0.2) is 5.13 Å². The summed E-state index contributed by atoms with van der Waals surface area (Å²) in [6, 6.07) is 11.1. The molecule has 4 aromatic heterocycles. The van der Waals surface area contributed by atoms with E-state index in [1.54, 1.807) is 18.6 Å². The Morgan fingerprint density at radius 3 is 2.44 bits per heavy atom. The van der Waals surface area contributed by atoms with Crippen molar-refractivity contribution in [2.45, 2.75) is 0 Å². The van der Waals surface area contributed by atoms with Gasteiger partial charge >= 0.3 is 0 Å². The molecule has 0 spiro atoms. The molecule has 4 rings (SSSR count). The van der Waals surface area contributed by atoms with E-state index in [-0.39, 0.29) is 5.91 Å². The third-order valence-corrected chi connectivity index (χ3v) is 4.38. The van der Waals surface area contributed by atoms with E-state index in [0.29, 0.717) is 22.1 Å². The molecule has 1 amide bonds. The fourth-order valence-corrected chi connectivity index (χ4v) is 3.08. The minimum atomic E-state index is -0.295. The van der Waals surface area contributed by atoms with Crippen LogP contribution in [-0.2, 0) is 0 Å². The lowest BCUT2D eigenvalue weighted by molar-refractivity contribution is 0.102. The first kappa shape index (κ1) is 15.2. The second kappa shape index (κ2) is 6.62. The maximum absolute atomic E-state index is 12.6. The van der Waals surface area contributed by atoms with E-state index in [1.807, 2.05) is 36.4 Å². The minimum absolute atomic E-state index is 0.295. The molecule has 0 aromatic carbocycles. The second-order valence-corrected chi connectivity index (χ2v) is 6.10. The monoisotopic (exact) mass is 348 g/mol. The molecule has 0 fully saturated rings. The smallest absolute Gasteiger partial charge is 0.261 e. The van der Waals surface area contributed by atoms with Gasteiger partial charge in [-0.1, -0.05) is 23.5 Å². The predicted octanol–water partition coefficient (Wildman–Crippen LogP) is 3.24. The number of carbonyl (C=O) groups excluding carboxylic acids is 1. The summed E-state index contributed by atoms with van der Waals surface area (Å²) in [5.74, 6) is -0.295. The molecule has 8 heteroatoms. The van der Waals surface area contributed by atoms with Crippen LogP contribution >= 0.6 is 11.3 Å². The topological polar surface area (TPSA) is 96.5 Å². The second-order valence-electron chi connectivity index (χ2n) is 5.07. The molecule has 0 aliphatic carbocycles. The molecule has 0 bridgehead atoms. The van der Waals surface area contributed by atoms with Crippen LogP contribution in [-0.4, -0.2) is 31.1 Å². The average molecular weight is 348 g/mol. The molecule has 0 radical (unpaired) electrons. The number of aromatic nitrogens is 5. The molecule has 2 N–H and O–H groups in total. The van der Waals surface area contributed by atoms with Crippen molar-refractivity contribution in [1.82, 2.24) is 25.1 Å². The molecule has 4 aromatic rings. The average Bonchev–Trinajstić information content (AvgIpc) is 3.33. The van der Waals surface area contributed by atoms with E-state index < -0.39 is 0 Å². The van der Waals surface area contributed by atoms with Gasteiger partial charge in [0.25, 0.3) is 5.91 Å². The minimum Gasteiger partial charge on any atom is -0.298 e. The van der Waals surface area contributed by atoms with Crippen LogP contribution in [0.25, 0.3) is 22.0 Å². The molecule has 0 saturated carbocycles. The van der Waals surface area contributed by atoms with Crippen molar-refractivity contribution < 1.29 is 4.79 Å². The zero-order chi connectivity index (χ0) is 17.1. The number of thiazole rings is 1. The van der Waals surface area contributed by atoms with E-state index in [1.165, 1.54) is 17.5 Å². The van der Waals surface area contributed by atoms with Gasteiger partial charge in [-0.25, -0.2) is 4.98 Å². The van der Waals surface area contributed by atoms with Crippen molar-refractivity contribution in [3.05, 3.63) is 66.7 Å². The molecule has 122 valence electrons. The third kappa shape index (κ3) is 3.15. The van der Waals surface area contributed by atoms with Gasteiger partial charge in [0, 0.05) is 18.6 Å². The summed E-state index contributed by atoms with van der Waals surface area (Å²) in [6.07, 6.45) is 6.56. The molecule has 7 nitrogen and oxygen atoms in total. The summed E-state index contributed by atoms with van der Waals surface area (Å²) in [7, 11) is 0. The predicted molar refractivity (Wildman–Crippen MR) is 95.1 cm³/mol. The summed E-state index contributed by atoms with van der Waals surface area (Å²) >= 11 is 1.36. The van der Waals surface area contributed by atoms with Crippen LogP contribution < -0.4 is 5.32 Å². The largest absolute Gasteiger partial charge is 0.298 e. The Bertz CT molecular complexity index is 996. The van der Waals surface area contributed by atoms with Gasteiger partial charge in [-0.05, 0) is 24.3 Å². The molecule has 0 aliphatic rings. The molecule has 4 heterocycles. The van der Waals surface area contributed by atoms with Gasteiger partial charge in [-0.3, -0.25) is 25.2 Å². The normalized spacial score (nSPS) is 10.6. The first-order chi connectivity index (χ1) is 12.3. The van der Waals surface area contributed by atoms with Crippen molar-refractivity contribution in [3.8, 4) is 22.0 Å². The maximum Gasteiger partial charge on any atom is 0.261 e. The standard InChI is InChI=1S/C17H12N6OS/c24-16(11-9-21-23-15(11)13-6-2-4-8-19-13)22-17-20-10-14(25-17)12-5-1-3-7-18-12/h1-10H,(H,21,23)(H,20,22,24). The quantitative estimate of drug-likeness (QED) is 0.590. The van der Waals surface area contributed by atoms with Crippen LogP contribution in [0.3, 0.4) is 0 Å². The number of rotatable bonds is 4. The zero-order valence-electron chi connectivity index (χ0n) is 12.9. The van der Waals surface area contributed by atoms with Crippen molar-refractivity contribution in [1.29, 1.82) is 0 Å². The number of hydrogen-bond acceptors (Lipinski definition) is 6. The van der Waals surface area contributed by atoms with Gasteiger partial charge in [0.05, 0.1) is 33.7 Å². The van der Waals surface area contributed by atoms with Crippen LogP contribution in [0, 0.1) is 0 Å². The van der Waals surface area contributed by atoms with Gasteiger partial charge < -0.3 is 0 Å². The van der Waals surface area contributed by atoms with E-state index in [2.05, 4.69) is 30.5 Å². The van der Waals surface area contributed by atoms with Crippen molar-refractivity contribution >= 4 is 22.4 Å². The lowest BCUT2D eigenvalue weighted by Crippen LogP contribution is -2.12. The maximum atomic E-state index is 12.6. The van der Waals surface area contributed by atoms with Crippen LogP contribution in [0.15, 0.2) is 61.2 Å². The third-order valence-electron chi connectivity index (χ3n) is 3.45. The highest BCUT2D eigenvalue weighted by atomic mass is 32.1. The molecular formula is C17H12N6OS. The summed E-state index contributed by atoms with van der Waals surface area (Å²) in [5.41, 5.74) is 2.45. The number of hydrogen-bond donors (Lipinski definition) is 2. The SMILES string of the molecule is O=C(Nc1ncc(-c2ccccn2)s1)c1cn[nH]c1-c1ccccn1. The molecule has 0 aliphatic heterocycles. The Labute approximate surface area is 146 Å². The van der Waals surface area contributed by atoms with Crippen molar-refractivity contribution in [3.63, 3.8) is 0 Å². The molecule has 25 heavy (non-hydrogen) atoms. The highest BCUT2D eigenvalue weighted by Crippen LogP contribution is 2.28. The number of nitrogens with one attached hydrogen (secondary N) is 2. The van der Waals surface area contributed by atoms with Gasteiger partial charge in [-0.2, -0.15) is 5.10 Å². The number of nitrogens with zero attached hydrogens (tertiary/aromatic N) is 4. The summed E-state index contributed by atoms with van der Waals surface area (Å²) < 4.78 is 0. The zero-order valence-corrected chi connectivity index (χ0v) is 13.7. The lowest BCUT2D eigenvalue weighted by Gasteiger charge is -2.02. The first-order valence-electron chi connectivity index (χ1n) is 7.44. The van der Waals surface area contributed by atoms with Gasteiger partial charge in [0.1, 0.15) is 0 Å². The summed E-state index contributed by atoms with van der Waals surface area (Å²) in [4.78, 5) is 26.2. The Morgan fingerprint density at radius 2 is 1.72 bits per heavy atom. The van der Waals surface area contributed by atoms with E-state index in [0.717, 1.165) is 10.6 Å². The Hall–Kier alpha value is -3.39. The number of amides is 1. The molecule has 0 atom stereocenters. The van der Waals surface area contributed by atoms with Gasteiger partial charge in [-0.15, -0.1) is 0 Å². The number of anilines is 1. The summed E-state index contributed by atoms with van der Waals surface area (Å²) in [5, 5.41) is 10.1.